The molecule has 2 unspecified atom stereocenters. The van der Waals surface area contributed by atoms with Gasteiger partial charge in [0.1, 0.15) is 0 Å². The average molecular weight is 301 g/mol. The molecule has 0 fully saturated rings. The average Bonchev–Trinajstić information content (AvgIpc) is 2.35. The molecular weight excluding hydrogens is 280 g/mol. The topological polar surface area (TPSA) is 47.3 Å². The number of nitrogens with two attached hydrogens (primary N) is 1. The minimum Gasteiger partial charge on any atom is -0.377 e. The number of hydrazine groups is 1. The standard InChI is InChI=1S/C13H21BrN2O/c1-3-13(17-4-2)12(16-15)9-10-7-5-6-8-11(10)14/h5-8,12-13,16H,3-4,9,15H2,1-2H3. The van der Waals surface area contributed by atoms with Gasteiger partial charge in [-0.3, -0.25) is 11.3 Å². The van der Waals surface area contributed by atoms with Crippen molar-refractivity contribution < 1.29 is 4.74 Å². The predicted molar refractivity (Wildman–Crippen MR) is 74.7 cm³/mol. The van der Waals surface area contributed by atoms with Gasteiger partial charge in [-0.05, 0) is 31.4 Å². The number of rotatable bonds is 7. The van der Waals surface area contributed by atoms with Crippen molar-refractivity contribution in [3.63, 3.8) is 0 Å². The van der Waals surface area contributed by atoms with Crippen LogP contribution >= 0.6 is 15.9 Å². The Bertz CT molecular complexity index is 333. The highest BCUT2D eigenvalue weighted by Crippen LogP contribution is 2.19. The first kappa shape index (κ1) is 14.6. The van der Waals surface area contributed by atoms with Crippen molar-refractivity contribution in [2.45, 2.75) is 38.8 Å². The Morgan fingerprint density at radius 3 is 2.59 bits per heavy atom. The van der Waals surface area contributed by atoms with E-state index in [2.05, 4.69) is 34.3 Å². The molecule has 17 heavy (non-hydrogen) atoms. The van der Waals surface area contributed by atoms with Gasteiger partial charge in [-0.25, -0.2) is 0 Å². The van der Waals surface area contributed by atoms with Crippen molar-refractivity contribution in [2.24, 2.45) is 5.84 Å². The van der Waals surface area contributed by atoms with Crippen molar-refractivity contribution in [1.29, 1.82) is 0 Å². The second kappa shape index (κ2) is 7.82. The van der Waals surface area contributed by atoms with E-state index in [1.165, 1.54) is 5.56 Å². The molecule has 2 atom stereocenters. The lowest BCUT2D eigenvalue weighted by Crippen LogP contribution is -2.46. The van der Waals surface area contributed by atoms with Crippen molar-refractivity contribution in [3.05, 3.63) is 34.3 Å². The summed E-state index contributed by atoms with van der Waals surface area (Å²) in [6.07, 6.45) is 1.96. The third-order valence-corrected chi connectivity index (χ3v) is 3.62. The van der Waals surface area contributed by atoms with E-state index in [1.807, 2.05) is 25.1 Å². The molecule has 0 aromatic heterocycles. The van der Waals surface area contributed by atoms with Gasteiger partial charge >= 0.3 is 0 Å². The van der Waals surface area contributed by atoms with E-state index in [0.717, 1.165) is 17.3 Å². The maximum atomic E-state index is 5.70. The first-order valence-corrected chi connectivity index (χ1v) is 6.83. The van der Waals surface area contributed by atoms with Crippen molar-refractivity contribution in [2.75, 3.05) is 6.61 Å². The lowest BCUT2D eigenvalue weighted by Gasteiger charge is -2.25. The molecule has 0 radical (unpaired) electrons. The zero-order valence-corrected chi connectivity index (χ0v) is 12.0. The van der Waals surface area contributed by atoms with Gasteiger partial charge in [0.05, 0.1) is 12.1 Å². The van der Waals surface area contributed by atoms with Crippen LogP contribution < -0.4 is 11.3 Å². The summed E-state index contributed by atoms with van der Waals surface area (Å²) in [6, 6.07) is 8.34. The van der Waals surface area contributed by atoms with Crippen LogP contribution in [-0.2, 0) is 11.2 Å². The Balaban J connectivity index is 2.72. The lowest BCUT2D eigenvalue weighted by atomic mass is 10.0. The zero-order chi connectivity index (χ0) is 12.7. The van der Waals surface area contributed by atoms with Crippen LogP contribution in [-0.4, -0.2) is 18.8 Å². The van der Waals surface area contributed by atoms with Crippen molar-refractivity contribution in [1.82, 2.24) is 5.43 Å². The van der Waals surface area contributed by atoms with E-state index in [4.69, 9.17) is 10.6 Å². The summed E-state index contributed by atoms with van der Waals surface area (Å²) in [5.41, 5.74) is 4.11. The van der Waals surface area contributed by atoms with Crippen LogP contribution in [0.15, 0.2) is 28.7 Å². The van der Waals surface area contributed by atoms with E-state index >= 15 is 0 Å². The third kappa shape index (κ3) is 4.39. The molecule has 96 valence electrons. The summed E-state index contributed by atoms with van der Waals surface area (Å²) in [5.74, 6) is 5.63. The molecule has 0 bridgehead atoms. The molecule has 0 spiro atoms. The van der Waals surface area contributed by atoms with Crippen LogP contribution in [0.5, 0.6) is 0 Å². The second-order valence-corrected chi connectivity index (χ2v) is 4.83. The van der Waals surface area contributed by atoms with Crippen LogP contribution in [0, 0.1) is 0 Å². The maximum Gasteiger partial charge on any atom is 0.0741 e. The van der Waals surface area contributed by atoms with Gasteiger partial charge in [-0.1, -0.05) is 41.1 Å². The number of ether oxygens (including phenoxy) is 1. The number of benzene rings is 1. The van der Waals surface area contributed by atoms with Crippen molar-refractivity contribution >= 4 is 15.9 Å². The van der Waals surface area contributed by atoms with Gasteiger partial charge in [0.15, 0.2) is 0 Å². The molecule has 0 amide bonds. The Hall–Kier alpha value is -0.420. The first-order chi connectivity index (χ1) is 8.22. The summed E-state index contributed by atoms with van der Waals surface area (Å²) in [6.45, 7) is 4.84. The fraction of sp³-hybridized carbons (Fsp3) is 0.538. The number of nitrogens with one attached hydrogen (secondary N) is 1. The van der Waals surface area contributed by atoms with Crippen LogP contribution in [0.3, 0.4) is 0 Å². The Labute approximate surface area is 112 Å². The zero-order valence-electron chi connectivity index (χ0n) is 10.4. The number of hydrogen-bond donors (Lipinski definition) is 2. The fourth-order valence-electron chi connectivity index (χ4n) is 1.93. The molecule has 0 heterocycles. The van der Waals surface area contributed by atoms with E-state index in [1.54, 1.807) is 0 Å². The smallest absolute Gasteiger partial charge is 0.0741 e. The van der Waals surface area contributed by atoms with Gasteiger partial charge in [0.2, 0.25) is 0 Å². The molecule has 0 aliphatic heterocycles. The SMILES string of the molecule is CCOC(CC)C(Cc1ccccc1Br)NN. The summed E-state index contributed by atoms with van der Waals surface area (Å²) in [5, 5.41) is 0. The van der Waals surface area contributed by atoms with Crippen LogP contribution in [0.1, 0.15) is 25.8 Å². The van der Waals surface area contributed by atoms with Gasteiger partial charge in [0, 0.05) is 11.1 Å². The molecule has 3 nitrogen and oxygen atoms in total. The summed E-state index contributed by atoms with van der Waals surface area (Å²) < 4.78 is 6.82. The normalized spacial score (nSPS) is 14.6. The summed E-state index contributed by atoms with van der Waals surface area (Å²) in [7, 11) is 0. The van der Waals surface area contributed by atoms with Crippen LogP contribution in [0.4, 0.5) is 0 Å². The van der Waals surface area contributed by atoms with Crippen LogP contribution in [0.25, 0.3) is 0 Å². The predicted octanol–water partition coefficient (Wildman–Crippen LogP) is 2.64. The molecule has 1 aromatic carbocycles. The number of halogens is 1. The summed E-state index contributed by atoms with van der Waals surface area (Å²) >= 11 is 3.55. The minimum atomic E-state index is 0.138. The quantitative estimate of drug-likeness (QED) is 0.601. The van der Waals surface area contributed by atoms with Gasteiger partial charge in [0.25, 0.3) is 0 Å². The first-order valence-electron chi connectivity index (χ1n) is 6.04. The van der Waals surface area contributed by atoms with Gasteiger partial charge in [-0.2, -0.15) is 0 Å². The fourth-order valence-corrected chi connectivity index (χ4v) is 2.38. The van der Waals surface area contributed by atoms with E-state index in [0.29, 0.717) is 6.61 Å². The molecule has 1 rings (SSSR count). The Morgan fingerprint density at radius 2 is 2.06 bits per heavy atom. The number of hydrogen-bond acceptors (Lipinski definition) is 3. The van der Waals surface area contributed by atoms with Crippen LogP contribution in [0.2, 0.25) is 0 Å². The highest BCUT2D eigenvalue weighted by molar-refractivity contribution is 9.10. The van der Waals surface area contributed by atoms with E-state index in [-0.39, 0.29) is 12.1 Å². The largest absolute Gasteiger partial charge is 0.377 e. The third-order valence-electron chi connectivity index (χ3n) is 2.84. The Kier molecular flexibility index (Phi) is 6.73. The summed E-state index contributed by atoms with van der Waals surface area (Å²) in [4.78, 5) is 0. The lowest BCUT2D eigenvalue weighted by molar-refractivity contribution is 0.0319. The molecule has 0 aliphatic rings. The molecule has 0 saturated heterocycles. The maximum absolute atomic E-state index is 5.70. The van der Waals surface area contributed by atoms with Gasteiger partial charge in [-0.15, -0.1) is 0 Å². The molecule has 0 aliphatic carbocycles. The second-order valence-electron chi connectivity index (χ2n) is 3.97. The Morgan fingerprint density at radius 1 is 1.35 bits per heavy atom. The van der Waals surface area contributed by atoms with Crippen molar-refractivity contribution in [3.8, 4) is 0 Å². The highest BCUT2D eigenvalue weighted by Gasteiger charge is 2.20. The minimum absolute atomic E-state index is 0.138. The molecule has 1 aromatic rings. The highest BCUT2D eigenvalue weighted by atomic mass is 79.9. The molecular formula is C13H21BrN2O. The van der Waals surface area contributed by atoms with Gasteiger partial charge < -0.3 is 4.74 Å². The van der Waals surface area contributed by atoms with E-state index in [9.17, 15) is 0 Å². The molecule has 3 N–H and O–H groups in total. The van der Waals surface area contributed by atoms with E-state index < -0.39 is 0 Å². The molecule has 4 heteroatoms. The monoisotopic (exact) mass is 300 g/mol. The molecule has 0 saturated carbocycles.